The standard InChI is InChI=1S/C18H11ClFN3O3/c1-26-18(25)15-16(24)13-7-11(20)6-12(9-2-4-10(19)5-3-9)14(13)17-21-8-22-23(15)17/h2-8,24H,1H3. The predicted octanol–water partition coefficient (Wildman–Crippen LogP) is 3.83. The predicted molar refractivity (Wildman–Crippen MR) is 93.9 cm³/mol. The molecular weight excluding hydrogens is 361 g/mol. The van der Waals surface area contributed by atoms with Crippen molar-refractivity contribution in [3.63, 3.8) is 0 Å². The lowest BCUT2D eigenvalue weighted by molar-refractivity contribution is 0.0587. The summed E-state index contributed by atoms with van der Waals surface area (Å²) >= 11 is 5.93. The molecule has 1 N–H and O–H groups in total. The van der Waals surface area contributed by atoms with E-state index in [4.69, 9.17) is 16.3 Å². The number of halogens is 2. The molecule has 6 nitrogen and oxygen atoms in total. The molecule has 4 aromatic rings. The summed E-state index contributed by atoms with van der Waals surface area (Å²) in [5.41, 5.74) is 1.23. The van der Waals surface area contributed by atoms with Crippen LogP contribution >= 0.6 is 11.6 Å². The fourth-order valence-corrected chi connectivity index (χ4v) is 3.10. The van der Waals surface area contributed by atoms with Gasteiger partial charge in [0.05, 0.1) is 7.11 Å². The minimum absolute atomic E-state index is 0.135. The number of ether oxygens (including phenoxy) is 1. The van der Waals surface area contributed by atoms with Gasteiger partial charge in [-0.05, 0) is 35.4 Å². The van der Waals surface area contributed by atoms with Crippen LogP contribution < -0.4 is 0 Å². The van der Waals surface area contributed by atoms with Gasteiger partial charge in [-0.15, -0.1) is 0 Å². The number of aromatic hydroxyl groups is 1. The summed E-state index contributed by atoms with van der Waals surface area (Å²) in [7, 11) is 1.18. The molecule has 0 amide bonds. The molecule has 4 rings (SSSR count). The minimum atomic E-state index is -0.808. The van der Waals surface area contributed by atoms with Crippen molar-refractivity contribution in [2.24, 2.45) is 0 Å². The number of methoxy groups -OCH3 is 1. The van der Waals surface area contributed by atoms with Crippen molar-refractivity contribution in [3.05, 3.63) is 59.3 Å². The minimum Gasteiger partial charge on any atom is -0.505 e. The van der Waals surface area contributed by atoms with E-state index in [-0.39, 0.29) is 11.1 Å². The van der Waals surface area contributed by atoms with Crippen molar-refractivity contribution < 1.29 is 19.0 Å². The van der Waals surface area contributed by atoms with E-state index in [1.807, 2.05) is 0 Å². The van der Waals surface area contributed by atoms with Crippen LogP contribution in [0, 0.1) is 5.82 Å². The van der Waals surface area contributed by atoms with Gasteiger partial charge in [0.15, 0.2) is 17.1 Å². The van der Waals surface area contributed by atoms with E-state index in [2.05, 4.69) is 10.1 Å². The second-order valence-electron chi connectivity index (χ2n) is 5.57. The molecule has 0 aliphatic heterocycles. The first-order valence-corrected chi connectivity index (χ1v) is 7.91. The molecule has 0 aliphatic rings. The molecule has 0 radical (unpaired) electrons. The highest BCUT2D eigenvalue weighted by Gasteiger charge is 2.24. The molecule has 2 heterocycles. The normalized spacial score (nSPS) is 11.2. The second kappa shape index (κ2) is 5.96. The summed E-state index contributed by atoms with van der Waals surface area (Å²) in [6.07, 6.45) is 1.25. The number of aromatic nitrogens is 3. The Morgan fingerprint density at radius 3 is 2.69 bits per heavy atom. The summed E-state index contributed by atoms with van der Waals surface area (Å²) in [6, 6.07) is 9.29. The van der Waals surface area contributed by atoms with Gasteiger partial charge >= 0.3 is 5.97 Å². The zero-order valence-electron chi connectivity index (χ0n) is 13.4. The van der Waals surface area contributed by atoms with Gasteiger partial charge < -0.3 is 9.84 Å². The van der Waals surface area contributed by atoms with Gasteiger partial charge in [-0.25, -0.2) is 18.7 Å². The molecule has 130 valence electrons. The summed E-state index contributed by atoms with van der Waals surface area (Å²) < 4.78 is 20.2. The van der Waals surface area contributed by atoms with Crippen LogP contribution in [0.15, 0.2) is 42.7 Å². The number of carbonyl (C=O) groups excluding carboxylic acids is 1. The number of fused-ring (bicyclic) bond motifs is 3. The van der Waals surface area contributed by atoms with E-state index in [0.29, 0.717) is 27.2 Å². The monoisotopic (exact) mass is 371 g/mol. The Balaban J connectivity index is 2.19. The number of benzene rings is 2. The first-order chi connectivity index (χ1) is 12.5. The SMILES string of the molecule is COC(=O)c1c(O)c2cc(F)cc(-c3ccc(Cl)cc3)c2c2ncnn12. The molecule has 0 bridgehead atoms. The maximum atomic E-state index is 14.3. The highest BCUT2D eigenvalue weighted by Crippen LogP contribution is 2.38. The van der Waals surface area contributed by atoms with Gasteiger partial charge in [0, 0.05) is 15.8 Å². The van der Waals surface area contributed by atoms with E-state index in [1.54, 1.807) is 24.3 Å². The molecule has 2 aromatic heterocycles. The Morgan fingerprint density at radius 2 is 2.00 bits per heavy atom. The molecule has 0 atom stereocenters. The number of esters is 1. The molecular formula is C18H11ClFN3O3. The number of pyridine rings is 1. The third-order valence-corrected chi connectivity index (χ3v) is 4.35. The first kappa shape index (κ1) is 16.3. The second-order valence-corrected chi connectivity index (χ2v) is 6.00. The summed E-state index contributed by atoms with van der Waals surface area (Å²) in [4.78, 5) is 16.3. The van der Waals surface area contributed by atoms with Crippen molar-refractivity contribution in [2.75, 3.05) is 7.11 Å². The average Bonchev–Trinajstić information content (AvgIpc) is 3.10. The molecule has 0 saturated heterocycles. The lowest BCUT2D eigenvalue weighted by Gasteiger charge is -2.13. The Morgan fingerprint density at radius 1 is 1.27 bits per heavy atom. The highest BCUT2D eigenvalue weighted by atomic mass is 35.5. The number of rotatable bonds is 2. The van der Waals surface area contributed by atoms with Crippen LogP contribution in [0.2, 0.25) is 5.02 Å². The van der Waals surface area contributed by atoms with Crippen LogP contribution in [-0.2, 0) is 4.74 Å². The Hall–Kier alpha value is -3.19. The van der Waals surface area contributed by atoms with Crippen molar-refractivity contribution in [2.45, 2.75) is 0 Å². The van der Waals surface area contributed by atoms with Crippen LogP contribution in [-0.4, -0.2) is 32.8 Å². The van der Waals surface area contributed by atoms with Crippen LogP contribution in [0.3, 0.4) is 0 Å². The topological polar surface area (TPSA) is 76.7 Å². The van der Waals surface area contributed by atoms with Crippen molar-refractivity contribution in [3.8, 4) is 16.9 Å². The van der Waals surface area contributed by atoms with Crippen molar-refractivity contribution in [1.29, 1.82) is 0 Å². The van der Waals surface area contributed by atoms with Crippen molar-refractivity contribution >= 4 is 34.0 Å². The average molecular weight is 372 g/mol. The van der Waals surface area contributed by atoms with E-state index in [1.165, 1.54) is 24.0 Å². The van der Waals surface area contributed by atoms with Crippen LogP contribution in [0.5, 0.6) is 5.75 Å². The molecule has 0 aliphatic carbocycles. The number of hydrogen-bond donors (Lipinski definition) is 1. The maximum absolute atomic E-state index is 14.3. The van der Waals surface area contributed by atoms with E-state index in [9.17, 15) is 14.3 Å². The van der Waals surface area contributed by atoms with Gasteiger partial charge in [-0.3, -0.25) is 0 Å². The third kappa shape index (κ3) is 2.36. The summed E-state index contributed by atoms with van der Waals surface area (Å²) in [5.74, 6) is -1.81. The Bertz CT molecular complexity index is 1170. The number of hydrogen-bond acceptors (Lipinski definition) is 5. The summed E-state index contributed by atoms with van der Waals surface area (Å²) in [5, 5.41) is 15.8. The van der Waals surface area contributed by atoms with Crippen LogP contribution in [0.1, 0.15) is 10.5 Å². The molecule has 0 spiro atoms. The molecule has 2 aromatic carbocycles. The smallest absolute Gasteiger partial charge is 0.360 e. The lowest BCUT2D eigenvalue weighted by Crippen LogP contribution is -2.10. The molecule has 26 heavy (non-hydrogen) atoms. The van der Waals surface area contributed by atoms with Crippen molar-refractivity contribution in [1.82, 2.24) is 14.6 Å². The van der Waals surface area contributed by atoms with Gasteiger partial charge in [-0.1, -0.05) is 23.7 Å². The van der Waals surface area contributed by atoms with Crippen LogP contribution in [0.4, 0.5) is 4.39 Å². The lowest BCUT2D eigenvalue weighted by atomic mass is 9.97. The summed E-state index contributed by atoms with van der Waals surface area (Å²) in [6.45, 7) is 0. The fraction of sp³-hybridized carbons (Fsp3) is 0.0556. The van der Waals surface area contributed by atoms with E-state index >= 15 is 0 Å². The number of nitrogens with zero attached hydrogens (tertiary/aromatic N) is 3. The quantitative estimate of drug-likeness (QED) is 0.542. The first-order valence-electron chi connectivity index (χ1n) is 7.53. The van der Waals surface area contributed by atoms with Gasteiger partial charge in [0.2, 0.25) is 0 Å². The molecule has 0 fully saturated rings. The van der Waals surface area contributed by atoms with E-state index in [0.717, 1.165) is 6.07 Å². The maximum Gasteiger partial charge on any atom is 0.360 e. The van der Waals surface area contributed by atoms with Gasteiger partial charge in [0.1, 0.15) is 12.1 Å². The zero-order valence-corrected chi connectivity index (χ0v) is 14.2. The van der Waals surface area contributed by atoms with Gasteiger partial charge in [0.25, 0.3) is 0 Å². The Labute approximate surface area is 151 Å². The zero-order chi connectivity index (χ0) is 18.4. The molecule has 8 heteroatoms. The fourth-order valence-electron chi connectivity index (χ4n) is 2.97. The largest absolute Gasteiger partial charge is 0.505 e. The molecule has 0 saturated carbocycles. The van der Waals surface area contributed by atoms with Gasteiger partial charge in [-0.2, -0.15) is 5.10 Å². The third-order valence-electron chi connectivity index (χ3n) is 4.10. The van der Waals surface area contributed by atoms with E-state index < -0.39 is 17.5 Å². The van der Waals surface area contributed by atoms with Crippen LogP contribution in [0.25, 0.3) is 27.5 Å². The molecule has 0 unspecified atom stereocenters. The Kier molecular flexibility index (Phi) is 3.73. The highest BCUT2D eigenvalue weighted by molar-refractivity contribution is 6.30. The number of carbonyl (C=O) groups is 1.